The summed E-state index contributed by atoms with van der Waals surface area (Å²) in [5.74, 6) is 2.42. The lowest BCUT2D eigenvalue weighted by molar-refractivity contribution is 0.345. The average molecular weight is 509 g/mol. The van der Waals surface area contributed by atoms with E-state index in [4.69, 9.17) is 19.5 Å². The number of methoxy groups -OCH3 is 2. The Morgan fingerprint density at radius 2 is 1.55 bits per heavy atom. The molecule has 3 aromatic carbocycles. The van der Waals surface area contributed by atoms with Gasteiger partial charge in [-0.15, -0.1) is 0 Å². The van der Waals surface area contributed by atoms with Crippen LogP contribution in [0.15, 0.2) is 54.6 Å². The average Bonchev–Trinajstić information content (AvgIpc) is 2.95. The summed E-state index contributed by atoms with van der Waals surface area (Å²) < 4.78 is 17.7. The van der Waals surface area contributed by atoms with Crippen molar-refractivity contribution in [1.82, 2.24) is 9.97 Å². The van der Waals surface area contributed by atoms with Gasteiger partial charge in [-0.25, -0.2) is 0 Å². The van der Waals surface area contributed by atoms with E-state index in [0.717, 1.165) is 29.3 Å². The molecule has 0 aliphatic heterocycles. The summed E-state index contributed by atoms with van der Waals surface area (Å²) in [6.07, 6.45) is 1.85. The Morgan fingerprint density at radius 3 is 2.18 bits per heavy atom. The van der Waals surface area contributed by atoms with Gasteiger partial charge in [0.05, 0.1) is 37.5 Å². The number of benzene rings is 3. The van der Waals surface area contributed by atoms with Gasteiger partial charge < -0.3 is 24.8 Å². The number of nitriles is 2. The maximum atomic E-state index is 9.30. The SMILES string of the molecule is CCC(CC)Nc1cc(Oc2c(OC)cc3cc(C#N)ccc3c2OC)nc(Nc2ccc(C#N)cc2)n1. The molecule has 1 aromatic heterocycles. The fraction of sp³-hybridized carbons (Fsp3) is 0.241. The summed E-state index contributed by atoms with van der Waals surface area (Å²) in [6.45, 7) is 4.22. The molecular weight excluding hydrogens is 480 g/mol. The highest BCUT2D eigenvalue weighted by molar-refractivity contribution is 5.94. The van der Waals surface area contributed by atoms with Crippen molar-refractivity contribution in [2.75, 3.05) is 24.9 Å². The first kappa shape index (κ1) is 26.1. The van der Waals surface area contributed by atoms with Crippen LogP contribution in [-0.4, -0.2) is 30.2 Å². The van der Waals surface area contributed by atoms with Crippen molar-refractivity contribution in [2.45, 2.75) is 32.7 Å². The first-order chi connectivity index (χ1) is 18.5. The van der Waals surface area contributed by atoms with E-state index in [-0.39, 0.29) is 11.9 Å². The summed E-state index contributed by atoms with van der Waals surface area (Å²) in [7, 11) is 3.09. The lowest BCUT2D eigenvalue weighted by atomic mass is 10.1. The van der Waals surface area contributed by atoms with Crippen LogP contribution in [0, 0.1) is 22.7 Å². The summed E-state index contributed by atoms with van der Waals surface area (Å²) in [5.41, 5.74) is 1.81. The van der Waals surface area contributed by atoms with Crippen LogP contribution >= 0.6 is 0 Å². The van der Waals surface area contributed by atoms with Crippen molar-refractivity contribution in [1.29, 1.82) is 10.5 Å². The van der Waals surface area contributed by atoms with E-state index in [0.29, 0.717) is 40.1 Å². The number of fused-ring (bicyclic) bond motifs is 1. The quantitative estimate of drug-likeness (QED) is 0.246. The summed E-state index contributed by atoms with van der Waals surface area (Å²) in [6, 6.07) is 20.3. The molecule has 2 N–H and O–H groups in total. The highest BCUT2D eigenvalue weighted by Crippen LogP contribution is 2.45. The normalized spacial score (nSPS) is 10.5. The standard InChI is InChI=1S/C29H28N6O3/c1-5-21(6-2)32-25-15-26(35-29(34-25)33-22-10-7-18(16-30)8-11-22)38-28-24(36-3)14-20-13-19(17-31)9-12-23(20)27(28)37-4/h7-15,21H,5-6H2,1-4H3,(H2,32,33,34,35). The van der Waals surface area contributed by atoms with Crippen molar-refractivity contribution in [3.8, 4) is 35.3 Å². The minimum atomic E-state index is 0.222. The molecule has 0 bridgehead atoms. The van der Waals surface area contributed by atoms with Gasteiger partial charge in [-0.2, -0.15) is 20.5 Å². The molecule has 0 radical (unpaired) electrons. The molecule has 0 aliphatic rings. The lowest BCUT2D eigenvalue weighted by Crippen LogP contribution is -2.18. The van der Waals surface area contributed by atoms with Gasteiger partial charge in [-0.1, -0.05) is 13.8 Å². The molecule has 9 nitrogen and oxygen atoms in total. The Balaban J connectivity index is 1.78. The molecule has 0 fully saturated rings. The van der Waals surface area contributed by atoms with Gasteiger partial charge in [0.15, 0.2) is 11.5 Å². The molecule has 192 valence electrons. The number of rotatable bonds is 10. The first-order valence-electron chi connectivity index (χ1n) is 12.2. The number of hydrogen-bond donors (Lipinski definition) is 2. The summed E-state index contributed by atoms with van der Waals surface area (Å²) in [4.78, 5) is 9.21. The van der Waals surface area contributed by atoms with Crippen LogP contribution in [0.1, 0.15) is 37.8 Å². The Labute approximate surface area is 221 Å². The van der Waals surface area contributed by atoms with Crippen molar-refractivity contribution in [2.24, 2.45) is 0 Å². The van der Waals surface area contributed by atoms with Crippen LogP contribution in [0.3, 0.4) is 0 Å². The van der Waals surface area contributed by atoms with E-state index in [1.807, 2.05) is 6.07 Å². The fourth-order valence-electron chi connectivity index (χ4n) is 4.02. The van der Waals surface area contributed by atoms with Gasteiger partial charge in [0, 0.05) is 23.2 Å². The number of aromatic nitrogens is 2. The number of ether oxygens (including phenoxy) is 3. The van der Waals surface area contributed by atoms with E-state index in [2.05, 4.69) is 46.6 Å². The van der Waals surface area contributed by atoms with Crippen molar-refractivity contribution < 1.29 is 14.2 Å². The molecule has 0 aliphatic carbocycles. The molecule has 9 heteroatoms. The molecule has 0 amide bonds. The maximum Gasteiger partial charge on any atom is 0.232 e. The molecule has 38 heavy (non-hydrogen) atoms. The Hall–Kier alpha value is -5.02. The number of nitrogens with one attached hydrogen (secondary N) is 2. The van der Waals surface area contributed by atoms with Crippen LogP contribution in [0.4, 0.5) is 17.5 Å². The van der Waals surface area contributed by atoms with E-state index in [1.165, 1.54) is 0 Å². The monoisotopic (exact) mass is 508 g/mol. The molecule has 1 heterocycles. The van der Waals surface area contributed by atoms with Crippen LogP contribution < -0.4 is 24.8 Å². The zero-order valence-electron chi connectivity index (χ0n) is 21.7. The van der Waals surface area contributed by atoms with Gasteiger partial charge in [0.1, 0.15) is 5.82 Å². The molecular formula is C29H28N6O3. The zero-order valence-corrected chi connectivity index (χ0v) is 21.7. The molecule has 0 saturated carbocycles. The van der Waals surface area contributed by atoms with Crippen LogP contribution in [-0.2, 0) is 0 Å². The lowest BCUT2D eigenvalue weighted by Gasteiger charge is -2.19. The number of nitrogens with zero attached hydrogens (tertiary/aromatic N) is 4. The predicted molar refractivity (Wildman–Crippen MR) is 146 cm³/mol. The summed E-state index contributed by atoms with van der Waals surface area (Å²) >= 11 is 0. The highest BCUT2D eigenvalue weighted by atomic mass is 16.5. The van der Waals surface area contributed by atoms with Crippen molar-refractivity contribution in [3.05, 3.63) is 65.7 Å². The Morgan fingerprint density at radius 1 is 0.842 bits per heavy atom. The third-order valence-electron chi connectivity index (χ3n) is 6.08. The second-order valence-electron chi connectivity index (χ2n) is 8.48. The smallest absolute Gasteiger partial charge is 0.232 e. The minimum Gasteiger partial charge on any atom is -0.493 e. The predicted octanol–water partition coefficient (Wildman–Crippen LogP) is 6.53. The molecule has 4 rings (SSSR count). The van der Waals surface area contributed by atoms with E-state index >= 15 is 0 Å². The minimum absolute atomic E-state index is 0.222. The number of hydrogen-bond acceptors (Lipinski definition) is 9. The van der Waals surface area contributed by atoms with Gasteiger partial charge in [0.25, 0.3) is 0 Å². The molecule has 0 atom stereocenters. The largest absolute Gasteiger partial charge is 0.493 e. The molecule has 0 spiro atoms. The second-order valence-corrected chi connectivity index (χ2v) is 8.48. The Bertz CT molecular complexity index is 1520. The van der Waals surface area contributed by atoms with E-state index in [1.54, 1.807) is 62.8 Å². The van der Waals surface area contributed by atoms with Gasteiger partial charge in [-0.3, -0.25) is 0 Å². The topological polar surface area (TPSA) is 125 Å². The summed E-state index contributed by atoms with van der Waals surface area (Å²) in [5, 5.41) is 26.6. The molecule has 4 aromatic rings. The van der Waals surface area contributed by atoms with Crippen LogP contribution in [0.25, 0.3) is 10.8 Å². The van der Waals surface area contributed by atoms with Crippen LogP contribution in [0.5, 0.6) is 23.1 Å². The maximum absolute atomic E-state index is 9.30. The van der Waals surface area contributed by atoms with Gasteiger partial charge in [-0.05, 0) is 66.8 Å². The van der Waals surface area contributed by atoms with Crippen molar-refractivity contribution in [3.63, 3.8) is 0 Å². The molecule has 0 saturated heterocycles. The third-order valence-corrected chi connectivity index (χ3v) is 6.08. The van der Waals surface area contributed by atoms with Crippen LogP contribution in [0.2, 0.25) is 0 Å². The van der Waals surface area contributed by atoms with E-state index < -0.39 is 0 Å². The van der Waals surface area contributed by atoms with Gasteiger partial charge >= 0.3 is 0 Å². The fourth-order valence-corrected chi connectivity index (χ4v) is 4.02. The highest BCUT2D eigenvalue weighted by Gasteiger charge is 2.20. The molecule has 0 unspecified atom stereocenters. The second kappa shape index (κ2) is 11.8. The third kappa shape index (κ3) is 5.69. The van der Waals surface area contributed by atoms with Crippen molar-refractivity contribution >= 4 is 28.2 Å². The Kier molecular flexibility index (Phi) is 8.10. The van der Waals surface area contributed by atoms with E-state index in [9.17, 15) is 5.26 Å². The first-order valence-corrected chi connectivity index (χ1v) is 12.2. The zero-order chi connectivity index (χ0) is 27.1. The van der Waals surface area contributed by atoms with Gasteiger partial charge in [0.2, 0.25) is 17.6 Å². The number of anilines is 3.